The average Bonchev–Trinajstić information content (AvgIpc) is 0.685. The normalized spacial score (nSPS) is 13.4. The maximum Gasteiger partial charge on any atom is 0.252 e. The van der Waals surface area contributed by atoms with Crippen molar-refractivity contribution in [2.75, 3.05) is 34.3 Å². The van der Waals surface area contributed by atoms with Gasteiger partial charge in [-0.05, 0) is 203 Å². The predicted molar refractivity (Wildman–Crippen MR) is 419 cm³/mol. The van der Waals surface area contributed by atoms with E-state index in [0.717, 1.165) is 148 Å². The summed E-state index contributed by atoms with van der Waals surface area (Å²) in [5, 5.41) is 0. The number of fused-ring (bicyclic) bond motifs is 12. The van der Waals surface area contributed by atoms with E-state index in [9.17, 15) is 0 Å². The van der Waals surface area contributed by atoms with Crippen LogP contribution in [0, 0.1) is 0 Å². The lowest BCUT2D eigenvalue weighted by atomic mass is 9.30. The number of nitrogens with zero attached hydrogens (tertiary/aromatic N) is 7. The van der Waals surface area contributed by atoms with Crippen LogP contribution in [0.3, 0.4) is 0 Å². The molecule has 0 aromatic heterocycles. The Kier molecular flexibility index (Phi) is 12.7. The topological polar surface area (TPSA) is 41.1 Å². The highest BCUT2D eigenvalue weighted by Gasteiger charge is 2.50. The van der Waals surface area contributed by atoms with Gasteiger partial charge in [-0.1, -0.05) is 188 Å². The van der Waals surface area contributed by atoms with Gasteiger partial charge < -0.3 is 38.9 Å². The summed E-state index contributed by atoms with van der Waals surface area (Å²) >= 11 is 0. The average molecular weight is 1290 g/mol. The van der Waals surface area contributed by atoms with Crippen molar-refractivity contribution in [1.82, 2.24) is 0 Å². The largest absolute Gasteiger partial charge is 0.453 e. The molecular formula is C90H59B2N7O2. The van der Waals surface area contributed by atoms with Gasteiger partial charge in [0.05, 0.1) is 22.7 Å². The molecule has 0 bridgehead atoms. The molecule has 0 spiro atoms. The summed E-state index contributed by atoms with van der Waals surface area (Å²) in [4.78, 5) is 17.3. The third kappa shape index (κ3) is 8.73. The quantitative estimate of drug-likeness (QED) is 0.125. The van der Waals surface area contributed by atoms with E-state index in [2.05, 4.69) is 374 Å². The van der Waals surface area contributed by atoms with Crippen LogP contribution in [0.5, 0.6) is 23.0 Å². The van der Waals surface area contributed by atoms with Gasteiger partial charge in [-0.15, -0.1) is 0 Å². The number of benzene rings is 15. The summed E-state index contributed by atoms with van der Waals surface area (Å²) in [5.74, 6) is 3.01. The number of anilines is 21. The molecule has 0 fully saturated rings. The Morgan fingerprint density at radius 2 is 0.515 bits per heavy atom. The number of hydrogen-bond acceptors (Lipinski definition) is 9. The fraction of sp³-hybridized carbons (Fsp3) is 0. The molecule has 0 saturated carbocycles. The van der Waals surface area contributed by atoms with E-state index in [1.807, 2.05) is 18.2 Å². The maximum atomic E-state index is 7.35. The molecule has 0 unspecified atom stereocenters. The Balaban J connectivity index is 0.896. The summed E-state index contributed by atoms with van der Waals surface area (Å²) in [5.41, 5.74) is 29.0. The molecule has 6 heterocycles. The zero-order valence-electron chi connectivity index (χ0n) is 54.7. The van der Waals surface area contributed by atoms with Crippen molar-refractivity contribution in [2.24, 2.45) is 0 Å². The van der Waals surface area contributed by atoms with Gasteiger partial charge in [-0.3, -0.25) is 4.90 Å². The lowest BCUT2D eigenvalue weighted by Gasteiger charge is -2.48. The minimum Gasteiger partial charge on any atom is -0.453 e. The Morgan fingerprint density at radius 1 is 0.198 bits per heavy atom. The fourth-order valence-electron chi connectivity index (χ4n) is 16.8. The molecule has 21 rings (SSSR count). The SMILES string of the molecule is c1ccc(N(c2ccccc2)c2cc3c4c(c2)N(c2ccccc2)c2cc5c(cc2B4c2ccccc2N3c2ccccc2)B2c3cc4c(cc3N(c3ccccc3)c3cc(N(c6ccccc6)c6ccccc6)cc(c32)N5c2ccccc2)N2c3ccccc3Oc3cccc(c32)O4)cc1. The molecule has 0 N–H and O–H groups in total. The molecule has 15 aromatic carbocycles. The van der Waals surface area contributed by atoms with Crippen molar-refractivity contribution in [3.8, 4) is 23.0 Å². The fourth-order valence-corrected chi connectivity index (χ4v) is 16.8. The zero-order valence-corrected chi connectivity index (χ0v) is 54.7. The Bertz CT molecular complexity index is 5710. The second kappa shape index (κ2) is 22.6. The van der Waals surface area contributed by atoms with E-state index in [1.165, 1.54) is 27.3 Å². The van der Waals surface area contributed by atoms with E-state index in [0.29, 0.717) is 0 Å². The molecule has 0 atom stereocenters. The van der Waals surface area contributed by atoms with Gasteiger partial charge in [0.2, 0.25) is 0 Å². The van der Waals surface area contributed by atoms with Crippen LogP contribution >= 0.6 is 0 Å². The highest BCUT2D eigenvalue weighted by atomic mass is 16.5. The summed E-state index contributed by atoms with van der Waals surface area (Å²) < 4.78 is 14.1. The first kappa shape index (κ1) is 56.8. The molecule has 0 amide bonds. The van der Waals surface area contributed by atoms with Gasteiger partial charge in [0.1, 0.15) is 5.69 Å². The molecule has 101 heavy (non-hydrogen) atoms. The van der Waals surface area contributed by atoms with Crippen LogP contribution in [0.1, 0.15) is 0 Å². The third-order valence-electron chi connectivity index (χ3n) is 20.8. The smallest absolute Gasteiger partial charge is 0.252 e. The number of hydrogen-bond donors (Lipinski definition) is 0. The van der Waals surface area contributed by atoms with Gasteiger partial charge in [0, 0.05) is 91.0 Å². The number of rotatable bonds is 10. The van der Waals surface area contributed by atoms with Gasteiger partial charge >= 0.3 is 0 Å². The molecule has 472 valence electrons. The first-order valence-corrected chi connectivity index (χ1v) is 34.5. The first-order chi connectivity index (χ1) is 50.1. The molecule has 0 aliphatic carbocycles. The van der Waals surface area contributed by atoms with Crippen molar-refractivity contribution >= 4 is 166 Å². The van der Waals surface area contributed by atoms with Crippen LogP contribution in [-0.4, -0.2) is 13.4 Å². The summed E-state index contributed by atoms with van der Waals surface area (Å²) in [6.45, 7) is -0.572. The predicted octanol–water partition coefficient (Wildman–Crippen LogP) is 20.5. The van der Waals surface area contributed by atoms with Crippen molar-refractivity contribution in [3.63, 3.8) is 0 Å². The second-order valence-corrected chi connectivity index (χ2v) is 26.4. The van der Waals surface area contributed by atoms with Crippen molar-refractivity contribution < 1.29 is 9.47 Å². The van der Waals surface area contributed by atoms with Crippen molar-refractivity contribution in [2.45, 2.75) is 0 Å². The molecule has 15 aromatic rings. The zero-order chi connectivity index (χ0) is 66.2. The van der Waals surface area contributed by atoms with E-state index in [4.69, 9.17) is 9.47 Å². The number of para-hydroxylation sites is 12. The monoisotopic (exact) mass is 1290 g/mol. The van der Waals surface area contributed by atoms with E-state index < -0.39 is 0 Å². The number of ether oxygens (including phenoxy) is 2. The van der Waals surface area contributed by atoms with Crippen LogP contribution in [0.25, 0.3) is 0 Å². The third-order valence-corrected chi connectivity index (χ3v) is 20.8. The highest BCUT2D eigenvalue weighted by molar-refractivity contribution is 7.03. The van der Waals surface area contributed by atoms with Crippen LogP contribution in [0.4, 0.5) is 119 Å². The molecule has 0 radical (unpaired) electrons. The minimum absolute atomic E-state index is 0.228. The molecule has 9 nitrogen and oxygen atoms in total. The lowest BCUT2D eigenvalue weighted by Crippen LogP contribution is -2.65. The minimum atomic E-state index is -0.344. The lowest BCUT2D eigenvalue weighted by molar-refractivity contribution is 0.446. The molecule has 11 heteroatoms. The Hall–Kier alpha value is -13.4. The summed E-state index contributed by atoms with van der Waals surface area (Å²) in [7, 11) is 0. The van der Waals surface area contributed by atoms with Crippen molar-refractivity contribution in [1.29, 1.82) is 0 Å². The van der Waals surface area contributed by atoms with Gasteiger partial charge in [-0.25, -0.2) is 0 Å². The molecule has 6 aliphatic rings. The Morgan fingerprint density at radius 3 is 0.941 bits per heavy atom. The van der Waals surface area contributed by atoms with Crippen LogP contribution in [-0.2, 0) is 0 Å². The summed E-state index contributed by atoms with van der Waals surface area (Å²) in [6, 6.07) is 130. The maximum absolute atomic E-state index is 7.35. The van der Waals surface area contributed by atoms with E-state index in [1.54, 1.807) is 0 Å². The van der Waals surface area contributed by atoms with Gasteiger partial charge in [0.25, 0.3) is 13.4 Å². The second-order valence-electron chi connectivity index (χ2n) is 26.4. The standard InChI is InChI=1S/C90H59B2N7O2/c1-9-30-60(31-10-1)93(61-32-11-2-12-33-61)68-52-80-88-81(53-68)96(65-40-19-6-20-41-65)76-58-77-72(56-71(76)91(88)70-46-25-26-47-74(70)95(80)64-38-17-5-18-39-64)92-73-57-87-79(99-75-48-27-28-49-84(75)100-85-50-29-51-86(101-87)90(85)99)59-78(73)98(67-44-23-8-24-45-67)83-55-69(54-82(89(83)92)97(77)66-42-21-7-22-43-66)94(62-34-13-3-14-35-62)63-36-15-4-16-37-63/h1-59H. The first-order valence-electron chi connectivity index (χ1n) is 34.5. The molecule has 6 aliphatic heterocycles. The van der Waals surface area contributed by atoms with E-state index in [-0.39, 0.29) is 13.4 Å². The molecule has 0 saturated heterocycles. The van der Waals surface area contributed by atoms with Gasteiger partial charge in [-0.2, -0.15) is 0 Å². The van der Waals surface area contributed by atoms with Crippen LogP contribution in [0.2, 0.25) is 0 Å². The highest BCUT2D eigenvalue weighted by Crippen LogP contribution is 2.61. The van der Waals surface area contributed by atoms with Crippen LogP contribution < -0.4 is 76.5 Å². The van der Waals surface area contributed by atoms with E-state index >= 15 is 0 Å². The summed E-state index contributed by atoms with van der Waals surface area (Å²) in [6.07, 6.45) is 0. The van der Waals surface area contributed by atoms with Crippen LogP contribution in [0.15, 0.2) is 358 Å². The van der Waals surface area contributed by atoms with Gasteiger partial charge in [0.15, 0.2) is 23.0 Å². The van der Waals surface area contributed by atoms with Crippen molar-refractivity contribution in [3.05, 3.63) is 358 Å². The Labute approximate surface area is 586 Å². The molecular weight excluding hydrogens is 1230 g/mol.